The molecule has 5 heteroatoms. The zero-order valence-electron chi connectivity index (χ0n) is 21.4. The lowest BCUT2D eigenvalue weighted by Gasteiger charge is -2.37. The first-order valence-electron chi connectivity index (χ1n) is 13.2. The van der Waals surface area contributed by atoms with Crippen LogP contribution in [0, 0.1) is 0 Å². The highest BCUT2D eigenvalue weighted by Crippen LogP contribution is 2.50. The summed E-state index contributed by atoms with van der Waals surface area (Å²) in [6.07, 6.45) is 0. The Kier molecular flexibility index (Phi) is 5.85. The Hall–Kier alpha value is -4.08. The van der Waals surface area contributed by atoms with E-state index >= 15 is 0 Å². The summed E-state index contributed by atoms with van der Waals surface area (Å²) in [4.78, 5) is 8.69. The molecule has 0 saturated carbocycles. The number of fused-ring (bicyclic) bond motifs is 3. The van der Waals surface area contributed by atoms with Crippen LogP contribution in [0.15, 0.2) is 140 Å². The van der Waals surface area contributed by atoms with Gasteiger partial charge < -0.3 is 4.90 Å². The van der Waals surface area contributed by atoms with Crippen molar-refractivity contribution in [3.63, 3.8) is 0 Å². The molecule has 0 unspecified atom stereocenters. The lowest BCUT2D eigenvalue weighted by molar-refractivity contribution is 1.33. The summed E-state index contributed by atoms with van der Waals surface area (Å²) < 4.78 is 1.23. The average Bonchev–Trinajstić information content (AvgIpc) is 3.68. The monoisotopic (exact) mass is 566 g/mol. The summed E-state index contributed by atoms with van der Waals surface area (Å²) in [6, 6.07) is 50.5. The van der Waals surface area contributed by atoms with Gasteiger partial charge in [0.1, 0.15) is 10.0 Å². The first-order chi connectivity index (χ1) is 19.8. The van der Waals surface area contributed by atoms with E-state index in [9.17, 15) is 0 Å². The predicted molar refractivity (Wildman–Crippen MR) is 175 cm³/mol. The first-order valence-corrected chi connectivity index (χ1v) is 16.2. The van der Waals surface area contributed by atoms with E-state index in [1.165, 1.54) is 53.0 Å². The normalized spacial score (nSPS) is 12.8. The molecule has 1 aliphatic rings. The third kappa shape index (κ3) is 4.00. The lowest BCUT2D eigenvalue weighted by atomic mass is 10.2. The number of para-hydroxylation sites is 3. The molecule has 0 atom stereocenters. The molecule has 0 N–H and O–H groups in total. The number of nitrogens with zero attached hydrogens (tertiary/aromatic N) is 2. The van der Waals surface area contributed by atoms with Crippen LogP contribution in [0.2, 0.25) is 0 Å². The minimum absolute atomic E-state index is 0.743. The molecule has 0 bridgehead atoms. The summed E-state index contributed by atoms with van der Waals surface area (Å²) in [5.41, 5.74) is 6.03. The highest BCUT2D eigenvalue weighted by atomic mass is 32.1. The minimum Gasteiger partial charge on any atom is -0.301 e. The van der Waals surface area contributed by atoms with Crippen LogP contribution in [0.5, 0.6) is 0 Å². The molecule has 2 nitrogen and oxygen atoms in total. The molecule has 1 aliphatic heterocycles. The molecule has 0 saturated heterocycles. The molecule has 40 heavy (non-hydrogen) atoms. The second kappa shape index (κ2) is 9.83. The van der Waals surface area contributed by atoms with Gasteiger partial charge in [0, 0.05) is 21.0 Å². The molecule has 5 aromatic carbocycles. The van der Waals surface area contributed by atoms with Gasteiger partial charge in [0.25, 0.3) is 0 Å². The quantitative estimate of drug-likeness (QED) is 0.197. The fraction of sp³-hybridized carbons (Fsp3) is 0. The van der Waals surface area contributed by atoms with Crippen molar-refractivity contribution < 1.29 is 0 Å². The number of thiophene rings is 1. The van der Waals surface area contributed by atoms with Gasteiger partial charge in [-0.1, -0.05) is 97.1 Å². The van der Waals surface area contributed by atoms with E-state index in [1.54, 1.807) is 11.3 Å². The van der Waals surface area contributed by atoms with Crippen molar-refractivity contribution in [1.82, 2.24) is 4.98 Å². The number of hydrogen-bond acceptors (Lipinski definition) is 4. The van der Waals surface area contributed by atoms with Gasteiger partial charge in [-0.3, -0.25) is 0 Å². The Balaban J connectivity index is 1.26. The molecule has 2 aromatic heterocycles. The first kappa shape index (κ1) is 23.8. The predicted octanol–water partition coefficient (Wildman–Crippen LogP) is 9.23. The largest absolute Gasteiger partial charge is 0.301 e. The molecule has 0 fully saturated rings. The van der Waals surface area contributed by atoms with E-state index in [0.717, 1.165) is 10.5 Å². The zero-order chi connectivity index (χ0) is 26.5. The van der Waals surface area contributed by atoms with Crippen molar-refractivity contribution in [3.05, 3.63) is 140 Å². The van der Waals surface area contributed by atoms with Crippen LogP contribution in [-0.4, -0.2) is 4.98 Å². The third-order valence-electron chi connectivity index (χ3n) is 7.24. The average molecular weight is 567 g/mol. The standard InChI is InChI=1S/C35H23N2PS2/c1-2-11-24(12-3-1)32-21-22-34(39-32)37-28-16-5-7-18-30(28)38(31-19-8-6-17-29(31)37)26-14-10-13-25(23-26)35-36-27-15-4-9-20-33(27)40-35/h1-23H. The fourth-order valence-corrected chi connectivity index (χ4v) is 10.0. The van der Waals surface area contributed by atoms with Crippen LogP contribution in [0.25, 0.3) is 31.2 Å². The smallest absolute Gasteiger partial charge is 0.124 e. The molecule has 190 valence electrons. The van der Waals surface area contributed by atoms with E-state index in [1.807, 2.05) is 11.3 Å². The summed E-state index contributed by atoms with van der Waals surface area (Å²) in [7, 11) is -0.743. The van der Waals surface area contributed by atoms with Crippen molar-refractivity contribution in [2.75, 3.05) is 4.90 Å². The van der Waals surface area contributed by atoms with Gasteiger partial charge in [-0.15, -0.1) is 22.7 Å². The van der Waals surface area contributed by atoms with Crippen LogP contribution in [-0.2, 0) is 0 Å². The van der Waals surface area contributed by atoms with Crippen molar-refractivity contribution >= 4 is 73.1 Å². The Bertz CT molecular complexity index is 1910. The maximum atomic E-state index is 4.96. The second-order valence-electron chi connectivity index (χ2n) is 9.69. The van der Waals surface area contributed by atoms with Crippen LogP contribution in [0.3, 0.4) is 0 Å². The Morgan fingerprint density at radius 3 is 2.00 bits per heavy atom. The number of anilines is 3. The van der Waals surface area contributed by atoms with Gasteiger partial charge in [0.2, 0.25) is 0 Å². The van der Waals surface area contributed by atoms with Gasteiger partial charge in [0.15, 0.2) is 0 Å². The van der Waals surface area contributed by atoms with E-state index in [4.69, 9.17) is 4.98 Å². The molecule has 8 rings (SSSR count). The Labute approximate surface area is 242 Å². The molecule has 0 amide bonds. The van der Waals surface area contributed by atoms with Crippen LogP contribution in [0.1, 0.15) is 0 Å². The molecule has 0 spiro atoms. The fourth-order valence-electron chi connectivity index (χ4n) is 5.44. The zero-order valence-corrected chi connectivity index (χ0v) is 24.0. The maximum Gasteiger partial charge on any atom is 0.124 e. The topological polar surface area (TPSA) is 16.1 Å². The Morgan fingerprint density at radius 1 is 0.550 bits per heavy atom. The summed E-state index contributed by atoms with van der Waals surface area (Å²) in [6.45, 7) is 0. The summed E-state index contributed by atoms with van der Waals surface area (Å²) in [5, 5.41) is 6.42. The number of aromatic nitrogens is 1. The number of rotatable bonds is 4. The number of hydrogen-bond donors (Lipinski definition) is 0. The Morgan fingerprint density at radius 2 is 1.23 bits per heavy atom. The SMILES string of the molecule is c1ccc(-c2ccc(N3c4ccccc4P(c4cccc(-c5nc6ccccc6s5)c4)c4ccccc43)s2)cc1. The van der Waals surface area contributed by atoms with E-state index in [0.29, 0.717) is 0 Å². The van der Waals surface area contributed by atoms with Crippen molar-refractivity contribution in [2.45, 2.75) is 0 Å². The second-order valence-corrected chi connectivity index (χ2v) is 13.9. The summed E-state index contributed by atoms with van der Waals surface area (Å²) >= 11 is 3.61. The van der Waals surface area contributed by atoms with Crippen LogP contribution in [0.4, 0.5) is 16.4 Å². The van der Waals surface area contributed by atoms with Gasteiger partial charge in [-0.2, -0.15) is 0 Å². The van der Waals surface area contributed by atoms with E-state index < -0.39 is 7.92 Å². The molecule has 0 aliphatic carbocycles. The van der Waals surface area contributed by atoms with Crippen molar-refractivity contribution in [2.24, 2.45) is 0 Å². The lowest BCUT2D eigenvalue weighted by Crippen LogP contribution is -2.33. The number of benzene rings is 5. The van der Waals surface area contributed by atoms with Gasteiger partial charge in [0.05, 0.1) is 21.6 Å². The van der Waals surface area contributed by atoms with E-state index in [-0.39, 0.29) is 0 Å². The minimum atomic E-state index is -0.743. The highest BCUT2D eigenvalue weighted by molar-refractivity contribution is 7.80. The maximum absolute atomic E-state index is 4.96. The summed E-state index contributed by atoms with van der Waals surface area (Å²) in [5.74, 6) is 0. The molecule has 3 heterocycles. The van der Waals surface area contributed by atoms with E-state index in [2.05, 4.69) is 144 Å². The molecule has 0 radical (unpaired) electrons. The molecular formula is C35H23N2PS2. The van der Waals surface area contributed by atoms with Crippen LogP contribution < -0.4 is 20.8 Å². The molecular weight excluding hydrogens is 544 g/mol. The van der Waals surface area contributed by atoms with Crippen LogP contribution >= 0.6 is 30.6 Å². The highest BCUT2D eigenvalue weighted by Gasteiger charge is 2.32. The third-order valence-corrected chi connectivity index (χ3v) is 12.0. The van der Waals surface area contributed by atoms with Gasteiger partial charge in [-0.05, 0) is 61.3 Å². The number of thiazole rings is 1. The van der Waals surface area contributed by atoms with Crippen molar-refractivity contribution in [3.8, 4) is 21.0 Å². The van der Waals surface area contributed by atoms with Gasteiger partial charge in [-0.25, -0.2) is 4.98 Å². The van der Waals surface area contributed by atoms with Gasteiger partial charge >= 0.3 is 0 Å². The van der Waals surface area contributed by atoms with Crippen molar-refractivity contribution in [1.29, 1.82) is 0 Å². The molecule has 7 aromatic rings.